The van der Waals surface area contributed by atoms with Gasteiger partial charge in [-0.25, -0.2) is 0 Å². The van der Waals surface area contributed by atoms with E-state index in [1.165, 1.54) is 38.9 Å². The van der Waals surface area contributed by atoms with Crippen LogP contribution in [0.4, 0.5) is 0 Å². The van der Waals surface area contributed by atoms with Gasteiger partial charge in [0.1, 0.15) is 0 Å². The number of thioether (sulfide) groups is 1. The first kappa shape index (κ1) is 13.6. The molecule has 20 heavy (non-hydrogen) atoms. The molecule has 2 aromatic heterocycles. The lowest BCUT2D eigenvalue weighted by atomic mass is 10.1. The maximum Gasteiger partial charge on any atom is 0.277 e. The van der Waals surface area contributed by atoms with Crippen molar-refractivity contribution < 1.29 is 9.32 Å². The second kappa shape index (κ2) is 6.85. The first-order chi connectivity index (χ1) is 9.92. The van der Waals surface area contributed by atoms with Crippen LogP contribution in [-0.4, -0.2) is 40.6 Å². The minimum atomic E-state index is 0.570. The van der Waals surface area contributed by atoms with Crippen molar-refractivity contribution >= 4 is 11.8 Å². The third-order valence-electron chi connectivity index (χ3n) is 3.58. The van der Waals surface area contributed by atoms with Crippen molar-refractivity contribution in [3.05, 3.63) is 24.5 Å². The Morgan fingerprint density at radius 1 is 1.10 bits per heavy atom. The van der Waals surface area contributed by atoms with E-state index in [1.807, 2.05) is 12.1 Å². The molecule has 1 saturated heterocycles. The van der Waals surface area contributed by atoms with E-state index in [9.17, 15) is 0 Å². The van der Waals surface area contributed by atoms with Crippen LogP contribution in [0.15, 0.2) is 34.2 Å². The third kappa shape index (κ3) is 3.58. The topological polar surface area (TPSA) is 56.2 Å². The van der Waals surface area contributed by atoms with Gasteiger partial charge in [-0.2, -0.15) is 0 Å². The smallest absolute Gasteiger partial charge is 0.277 e. The fourth-order valence-electron chi connectivity index (χ4n) is 2.46. The van der Waals surface area contributed by atoms with Crippen molar-refractivity contribution in [3.63, 3.8) is 0 Å². The molecule has 1 N–H and O–H groups in total. The first-order valence-corrected chi connectivity index (χ1v) is 8.10. The molecule has 1 aliphatic heterocycles. The van der Waals surface area contributed by atoms with E-state index in [-0.39, 0.29) is 0 Å². The lowest BCUT2D eigenvalue weighted by Gasteiger charge is -2.22. The standard InChI is InChI=1S/C14H18N4OS/c1-2-8-18(9-3-1)10-11-20-14-17-16-13(19-14)12-4-6-15-7-5-12/h4-7H,1-3,8-11H2/p+1. The van der Waals surface area contributed by atoms with Crippen LogP contribution in [0.2, 0.25) is 0 Å². The highest BCUT2D eigenvalue weighted by molar-refractivity contribution is 7.99. The molecule has 0 spiro atoms. The molecule has 3 rings (SSSR count). The van der Waals surface area contributed by atoms with Crippen LogP contribution in [-0.2, 0) is 0 Å². The normalized spacial score (nSPS) is 16.4. The van der Waals surface area contributed by atoms with Crippen molar-refractivity contribution in [2.45, 2.75) is 24.5 Å². The lowest BCUT2D eigenvalue weighted by Crippen LogP contribution is -3.13. The van der Waals surface area contributed by atoms with E-state index in [1.54, 1.807) is 29.1 Å². The average molecular weight is 291 g/mol. The zero-order chi connectivity index (χ0) is 13.6. The van der Waals surface area contributed by atoms with Crippen LogP contribution >= 0.6 is 11.8 Å². The molecule has 0 atom stereocenters. The number of rotatable bonds is 5. The van der Waals surface area contributed by atoms with Gasteiger partial charge in [-0.1, -0.05) is 11.8 Å². The number of nitrogens with zero attached hydrogens (tertiary/aromatic N) is 3. The SMILES string of the molecule is c1cc(-c2nnc(SCC[NH+]3CCCCC3)o2)ccn1. The van der Waals surface area contributed by atoms with Gasteiger partial charge in [-0.05, 0) is 31.4 Å². The van der Waals surface area contributed by atoms with Gasteiger partial charge in [-0.3, -0.25) is 4.98 Å². The summed E-state index contributed by atoms with van der Waals surface area (Å²) >= 11 is 1.65. The van der Waals surface area contributed by atoms with E-state index in [4.69, 9.17) is 4.42 Å². The van der Waals surface area contributed by atoms with Crippen LogP contribution in [0.3, 0.4) is 0 Å². The Bertz CT molecular complexity index is 525. The zero-order valence-corrected chi connectivity index (χ0v) is 12.2. The van der Waals surface area contributed by atoms with E-state index in [0.29, 0.717) is 11.1 Å². The van der Waals surface area contributed by atoms with Crippen LogP contribution in [0.25, 0.3) is 11.5 Å². The van der Waals surface area contributed by atoms with E-state index >= 15 is 0 Å². The molecular formula is C14H19N4OS+. The number of hydrogen-bond acceptors (Lipinski definition) is 5. The van der Waals surface area contributed by atoms with Gasteiger partial charge in [0.2, 0.25) is 5.89 Å². The summed E-state index contributed by atoms with van der Waals surface area (Å²) in [6.07, 6.45) is 7.59. The van der Waals surface area contributed by atoms with Gasteiger partial charge < -0.3 is 9.32 Å². The molecule has 0 aromatic carbocycles. The summed E-state index contributed by atoms with van der Waals surface area (Å²) in [5.41, 5.74) is 0.918. The minimum absolute atomic E-state index is 0.570. The molecule has 6 heteroatoms. The summed E-state index contributed by atoms with van der Waals surface area (Å²) in [4.78, 5) is 5.69. The maximum absolute atomic E-state index is 5.66. The third-order valence-corrected chi connectivity index (χ3v) is 4.40. The number of pyridine rings is 1. The van der Waals surface area contributed by atoms with Crippen molar-refractivity contribution in [3.8, 4) is 11.5 Å². The molecular weight excluding hydrogens is 272 g/mol. The molecule has 0 bridgehead atoms. The average Bonchev–Trinajstić information content (AvgIpc) is 2.98. The summed E-state index contributed by atoms with van der Waals surface area (Å²) in [6.45, 7) is 3.80. The summed E-state index contributed by atoms with van der Waals surface area (Å²) in [5.74, 6) is 1.60. The Labute approximate surface area is 122 Å². The molecule has 0 amide bonds. The predicted octanol–water partition coefficient (Wildman–Crippen LogP) is 1.29. The quantitative estimate of drug-likeness (QED) is 0.841. The molecule has 0 aliphatic carbocycles. The molecule has 5 nitrogen and oxygen atoms in total. The van der Waals surface area contributed by atoms with Gasteiger partial charge >= 0.3 is 0 Å². The Hall–Kier alpha value is -1.40. The zero-order valence-electron chi connectivity index (χ0n) is 11.4. The fraction of sp³-hybridized carbons (Fsp3) is 0.500. The lowest BCUT2D eigenvalue weighted by molar-refractivity contribution is -0.902. The Kier molecular flexibility index (Phi) is 4.65. The van der Waals surface area contributed by atoms with Crippen LogP contribution in [0, 0.1) is 0 Å². The highest BCUT2D eigenvalue weighted by Crippen LogP contribution is 2.21. The molecule has 106 valence electrons. The van der Waals surface area contributed by atoms with Gasteiger partial charge in [-0.15, -0.1) is 10.2 Å². The maximum atomic E-state index is 5.66. The van der Waals surface area contributed by atoms with Crippen molar-refractivity contribution in [2.24, 2.45) is 0 Å². The first-order valence-electron chi connectivity index (χ1n) is 7.12. The Balaban J connectivity index is 1.50. The summed E-state index contributed by atoms with van der Waals surface area (Å²) in [5, 5.41) is 8.83. The van der Waals surface area contributed by atoms with Gasteiger partial charge in [0, 0.05) is 18.0 Å². The molecule has 2 aromatic rings. The molecule has 3 heterocycles. The van der Waals surface area contributed by atoms with Gasteiger partial charge in [0.05, 0.1) is 25.4 Å². The number of aromatic nitrogens is 3. The van der Waals surface area contributed by atoms with Crippen molar-refractivity contribution in [1.82, 2.24) is 15.2 Å². The molecule has 0 unspecified atom stereocenters. The van der Waals surface area contributed by atoms with Crippen LogP contribution < -0.4 is 4.90 Å². The van der Waals surface area contributed by atoms with Crippen LogP contribution in [0.1, 0.15) is 19.3 Å². The number of nitrogens with one attached hydrogen (secondary N) is 1. The molecule has 0 saturated carbocycles. The Morgan fingerprint density at radius 2 is 1.90 bits per heavy atom. The monoisotopic (exact) mass is 291 g/mol. The highest BCUT2D eigenvalue weighted by Gasteiger charge is 2.14. The summed E-state index contributed by atoms with van der Waals surface area (Å²) < 4.78 is 5.66. The van der Waals surface area contributed by atoms with E-state index in [0.717, 1.165) is 11.3 Å². The van der Waals surface area contributed by atoms with Crippen LogP contribution in [0.5, 0.6) is 0 Å². The van der Waals surface area contributed by atoms with Gasteiger partial charge in [0.25, 0.3) is 5.22 Å². The summed E-state index contributed by atoms with van der Waals surface area (Å²) in [7, 11) is 0. The summed E-state index contributed by atoms with van der Waals surface area (Å²) in [6, 6.07) is 3.75. The van der Waals surface area contributed by atoms with Crippen molar-refractivity contribution in [1.29, 1.82) is 0 Å². The minimum Gasteiger partial charge on any atom is -0.411 e. The predicted molar refractivity (Wildman–Crippen MR) is 77.7 cm³/mol. The highest BCUT2D eigenvalue weighted by atomic mass is 32.2. The number of hydrogen-bond donors (Lipinski definition) is 1. The number of likely N-dealkylation sites (tertiary alicyclic amines) is 1. The Morgan fingerprint density at radius 3 is 2.70 bits per heavy atom. The molecule has 0 radical (unpaired) electrons. The largest absolute Gasteiger partial charge is 0.411 e. The van der Waals surface area contributed by atoms with E-state index < -0.39 is 0 Å². The second-order valence-corrected chi connectivity index (χ2v) is 6.06. The van der Waals surface area contributed by atoms with Crippen molar-refractivity contribution in [2.75, 3.05) is 25.4 Å². The molecule has 1 fully saturated rings. The number of quaternary nitrogens is 1. The van der Waals surface area contributed by atoms with Gasteiger partial charge in [0.15, 0.2) is 0 Å². The second-order valence-electron chi connectivity index (χ2n) is 5.02. The number of piperidine rings is 1. The van der Waals surface area contributed by atoms with E-state index in [2.05, 4.69) is 15.2 Å². The molecule has 1 aliphatic rings. The fourth-order valence-corrected chi connectivity index (χ4v) is 3.27.